The van der Waals surface area contributed by atoms with Gasteiger partial charge in [-0.25, -0.2) is 8.42 Å². The van der Waals surface area contributed by atoms with Crippen molar-refractivity contribution in [3.63, 3.8) is 0 Å². The highest BCUT2D eigenvalue weighted by molar-refractivity contribution is 7.81. The fourth-order valence-electron chi connectivity index (χ4n) is 3.73. The molecule has 2 amide bonds. The smallest absolute Gasteiger partial charge is 0.361 e. The second kappa shape index (κ2) is 8.46. The Morgan fingerprint density at radius 3 is 2.21 bits per heavy atom. The minimum atomic E-state index is -4.82. The molecule has 12 heteroatoms. The minimum Gasteiger partial charge on any atom is -0.361 e. The van der Waals surface area contributed by atoms with Crippen molar-refractivity contribution >= 4 is 49.6 Å². The number of anilines is 1. The summed E-state index contributed by atoms with van der Waals surface area (Å²) in [5.41, 5.74) is 1.60. The summed E-state index contributed by atoms with van der Waals surface area (Å²) in [4.78, 5) is 27.1. The summed E-state index contributed by atoms with van der Waals surface area (Å²) in [6, 6.07) is 13.7. The lowest BCUT2D eigenvalue weighted by Crippen LogP contribution is -2.44. The summed E-state index contributed by atoms with van der Waals surface area (Å²) in [6.45, 7) is 1.52. The van der Waals surface area contributed by atoms with E-state index < -0.39 is 33.1 Å². The lowest BCUT2D eigenvalue weighted by molar-refractivity contribution is 0.0615. The number of hydrogen-bond donors (Lipinski definition) is 2. The molecule has 0 aliphatic carbocycles. The fourth-order valence-corrected chi connectivity index (χ4v) is 4.67. The van der Waals surface area contributed by atoms with Crippen molar-refractivity contribution in [2.24, 2.45) is 0 Å². The van der Waals surface area contributed by atoms with Crippen LogP contribution in [0, 0.1) is 6.92 Å². The zero-order chi connectivity index (χ0) is 23.9. The lowest BCUT2D eigenvalue weighted by atomic mass is 9.93. The fraction of sp³-hybridized carbons (Fsp3) is 0.143. The molecular weight excluding hydrogens is 472 g/mol. The third-order valence-corrected chi connectivity index (χ3v) is 6.43. The maximum absolute atomic E-state index is 13.1. The molecule has 0 unspecified atom stereocenters. The average molecular weight is 491 g/mol. The van der Waals surface area contributed by atoms with Crippen molar-refractivity contribution in [1.82, 2.24) is 4.90 Å². The van der Waals surface area contributed by atoms with E-state index in [1.807, 2.05) is 6.92 Å². The molecule has 0 atom stereocenters. The Bertz CT molecular complexity index is 1430. The number of thiol groups is 1. The number of nitrogens with zero attached hydrogens (tertiary/aromatic N) is 2. The maximum atomic E-state index is 13.1. The standard InChI is InChI=1S/C21H18N2O8S2/c1-13-5-7-14(8-6-13)23(32(26)27)12-11-22-20(24)16-4-2-3-15-18(31-33(28,29)30)10-9-17(19(15)16)21(22)25/h2-10,32H,11-12H2,1H3,(H,28,29,30). The topological polar surface area (TPSA) is 138 Å². The van der Waals surface area contributed by atoms with Crippen LogP contribution in [0.3, 0.4) is 0 Å². The van der Waals surface area contributed by atoms with E-state index in [1.165, 1.54) is 30.3 Å². The summed E-state index contributed by atoms with van der Waals surface area (Å²) >= 11 is 0. The largest absolute Gasteiger partial charge is 0.446 e. The highest BCUT2D eigenvalue weighted by Gasteiger charge is 2.34. The molecule has 0 radical (unpaired) electrons. The molecule has 4 rings (SSSR count). The van der Waals surface area contributed by atoms with Gasteiger partial charge in [-0.2, -0.15) is 8.42 Å². The molecule has 0 aromatic heterocycles. The van der Waals surface area contributed by atoms with Crippen LogP contribution in [0.4, 0.5) is 5.69 Å². The van der Waals surface area contributed by atoms with Crippen molar-refractivity contribution in [3.8, 4) is 5.75 Å². The molecular formula is C21H18N2O8S2. The van der Waals surface area contributed by atoms with Gasteiger partial charge in [0, 0.05) is 28.4 Å². The molecule has 33 heavy (non-hydrogen) atoms. The molecule has 0 saturated carbocycles. The zero-order valence-corrected chi connectivity index (χ0v) is 18.9. The Kier molecular flexibility index (Phi) is 5.82. The van der Waals surface area contributed by atoms with Crippen LogP contribution in [0.2, 0.25) is 0 Å². The van der Waals surface area contributed by atoms with Crippen molar-refractivity contribution < 1.29 is 35.2 Å². The number of hydrogen-bond acceptors (Lipinski definition) is 7. The summed E-state index contributed by atoms with van der Waals surface area (Å²) in [5, 5.41) is 0.350. The van der Waals surface area contributed by atoms with Gasteiger partial charge >= 0.3 is 10.4 Å². The third kappa shape index (κ3) is 4.40. The first-order chi connectivity index (χ1) is 15.6. The zero-order valence-electron chi connectivity index (χ0n) is 17.2. The second-order valence-electron chi connectivity index (χ2n) is 7.31. The number of amides is 2. The second-order valence-corrected chi connectivity index (χ2v) is 9.29. The Morgan fingerprint density at radius 2 is 1.61 bits per heavy atom. The summed E-state index contributed by atoms with van der Waals surface area (Å²) in [6.07, 6.45) is 0. The molecule has 1 aliphatic rings. The van der Waals surface area contributed by atoms with E-state index in [-0.39, 0.29) is 40.7 Å². The first-order valence-corrected chi connectivity index (χ1v) is 12.1. The van der Waals surface area contributed by atoms with E-state index in [1.54, 1.807) is 24.3 Å². The first kappa shape index (κ1) is 22.7. The Morgan fingerprint density at radius 1 is 0.970 bits per heavy atom. The number of carbonyl (C=O) groups excluding carboxylic acids is 2. The molecule has 3 aromatic rings. The van der Waals surface area contributed by atoms with Crippen LogP contribution in [0.25, 0.3) is 10.8 Å². The van der Waals surface area contributed by atoms with Crippen molar-refractivity contribution in [1.29, 1.82) is 0 Å². The van der Waals surface area contributed by atoms with E-state index >= 15 is 0 Å². The third-order valence-electron chi connectivity index (χ3n) is 5.21. The quantitative estimate of drug-likeness (QED) is 0.291. The lowest BCUT2D eigenvalue weighted by Gasteiger charge is -2.29. The van der Waals surface area contributed by atoms with Crippen LogP contribution in [0.1, 0.15) is 26.3 Å². The predicted octanol–water partition coefficient (Wildman–Crippen LogP) is 1.96. The van der Waals surface area contributed by atoms with Gasteiger partial charge in [0.15, 0.2) is 5.75 Å². The highest BCUT2D eigenvalue weighted by atomic mass is 32.3. The Hall–Kier alpha value is -3.48. The molecule has 0 fully saturated rings. The molecule has 1 aliphatic heterocycles. The van der Waals surface area contributed by atoms with Crippen molar-refractivity contribution in [3.05, 3.63) is 71.3 Å². The molecule has 1 heterocycles. The molecule has 0 bridgehead atoms. The van der Waals surface area contributed by atoms with Gasteiger partial charge < -0.3 is 4.18 Å². The van der Waals surface area contributed by atoms with Crippen molar-refractivity contribution in [2.45, 2.75) is 6.92 Å². The number of imide groups is 1. The van der Waals surface area contributed by atoms with E-state index in [9.17, 15) is 26.4 Å². The number of aryl methyl sites for hydroxylation is 1. The van der Waals surface area contributed by atoms with E-state index in [0.717, 1.165) is 14.8 Å². The number of rotatable bonds is 7. The summed E-state index contributed by atoms with van der Waals surface area (Å²) < 4.78 is 60.6. The molecule has 3 aromatic carbocycles. The van der Waals surface area contributed by atoms with E-state index in [0.29, 0.717) is 5.69 Å². The minimum absolute atomic E-state index is 0.122. The number of benzene rings is 3. The average Bonchev–Trinajstić information content (AvgIpc) is 2.75. The van der Waals surface area contributed by atoms with Gasteiger partial charge in [0.05, 0.1) is 12.2 Å². The van der Waals surface area contributed by atoms with Crippen LogP contribution in [0.15, 0.2) is 54.6 Å². The van der Waals surface area contributed by atoms with Gasteiger partial charge in [-0.05, 0) is 37.3 Å². The van der Waals surface area contributed by atoms with Gasteiger partial charge in [0.1, 0.15) is 0 Å². The monoisotopic (exact) mass is 490 g/mol. The van der Waals surface area contributed by atoms with E-state index in [2.05, 4.69) is 4.18 Å². The molecule has 1 N–H and O–H groups in total. The van der Waals surface area contributed by atoms with Gasteiger partial charge in [0.2, 0.25) is 10.9 Å². The van der Waals surface area contributed by atoms with Gasteiger partial charge in [0.25, 0.3) is 11.8 Å². The Balaban J connectivity index is 1.68. The van der Waals surface area contributed by atoms with Gasteiger partial charge in [-0.1, -0.05) is 29.8 Å². The normalized spacial score (nSPS) is 13.6. The van der Waals surface area contributed by atoms with E-state index in [4.69, 9.17) is 4.55 Å². The Labute approximate surface area is 191 Å². The summed E-state index contributed by atoms with van der Waals surface area (Å²) in [7, 11) is -7.84. The van der Waals surface area contributed by atoms with Gasteiger partial charge in [-0.15, -0.1) is 0 Å². The van der Waals surface area contributed by atoms with Crippen LogP contribution < -0.4 is 8.49 Å². The van der Waals surface area contributed by atoms with Crippen LogP contribution in [-0.2, 0) is 21.3 Å². The summed E-state index contributed by atoms with van der Waals surface area (Å²) in [5.74, 6) is -1.56. The number of carbonyl (C=O) groups is 2. The molecule has 172 valence electrons. The highest BCUT2D eigenvalue weighted by Crippen LogP contribution is 2.36. The molecule has 0 spiro atoms. The van der Waals surface area contributed by atoms with Crippen LogP contribution in [-0.4, -0.2) is 51.2 Å². The molecule has 10 nitrogen and oxygen atoms in total. The molecule has 0 saturated heterocycles. The van der Waals surface area contributed by atoms with Crippen molar-refractivity contribution in [2.75, 3.05) is 17.4 Å². The predicted molar refractivity (Wildman–Crippen MR) is 120 cm³/mol. The first-order valence-electron chi connectivity index (χ1n) is 9.64. The maximum Gasteiger partial charge on any atom is 0.446 e. The van der Waals surface area contributed by atoms with Crippen LogP contribution in [0.5, 0.6) is 5.75 Å². The SMILES string of the molecule is Cc1ccc(N(CCN2C(=O)c3cccc4c(OS(=O)(=O)O)ccc(c34)C2=O)[SH](=O)=O)cc1. The van der Waals surface area contributed by atoms with Crippen LogP contribution >= 0.6 is 0 Å². The van der Waals surface area contributed by atoms with Gasteiger partial charge in [-0.3, -0.25) is 23.3 Å².